The molecule has 0 atom stereocenters. The molecule has 0 bridgehead atoms. The minimum atomic E-state index is -2.91. The van der Waals surface area contributed by atoms with Crippen LogP contribution in [0.5, 0.6) is 0 Å². The van der Waals surface area contributed by atoms with Crippen molar-refractivity contribution in [2.75, 3.05) is 31.8 Å². The lowest BCUT2D eigenvalue weighted by atomic mass is 10.1. The van der Waals surface area contributed by atoms with Crippen LogP contribution >= 0.6 is 0 Å². The van der Waals surface area contributed by atoms with Crippen molar-refractivity contribution in [2.24, 2.45) is 0 Å². The second-order valence-corrected chi connectivity index (χ2v) is 7.44. The first-order chi connectivity index (χ1) is 8.64. The summed E-state index contributed by atoms with van der Waals surface area (Å²) in [6, 6.07) is 0.529. The fourth-order valence-corrected chi connectivity index (χ4v) is 3.62. The molecule has 1 aliphatic rings. The molecule has 0 amide bonds. The Morgan fingerprint density at radius 2 is 1.78 bits per heavy atom. The zero-order valence-electron chi connectivity index (χ0n) is 11.5. The molecule has 18 heavy (non-hydrogen) atoms. The topological polar surface area (TPSA) is 55.4 Å². The lowest BCUT2D eigenvalue weighted by molar-refractivity contribution is 0.199. The molecule has 0 radical (unpaired) electrons. The summed E-state index contributed by atoms with van der Waals surface area (Å²) in [5, 5.41) is 3.40. The predicted molar refractivity (Wildman–Crippen MR) is 74.6 cm³/mol. The standard InChI is InChI=1S/C13H27NO3S/c1-17-10-6-11-18(15,16)12-9-14-13-7-4-2-3-5-8-13/h13-14H,2-12H2,1H3. The van der Waals surface area contributed by atoms with Crippen molar-refractivity contribution < 1.29 is 13.2 Å². The Labute approximate surface area is 111 Å². The van der Waals surface area contributed by atoms with Crippen LogP contribution in [0.1, 0.15) is 44.9 Å². The molecule has 5 heteroatoms. The minimum Gasteiger partial charge on any atom is -0.385 e. The summed E-state index contributed by atoms with van der Waals surface area (Å²) in [6.07, 6.45) is 8.20. The highest BCUT2D eigenvalue weighted by Gasteiger charge is 2.14. The van der Waals surface area contributed by atoms with E-state index in [4.69, 9.17) is 4.74 Å². The van der Waals surface area contributed by atoms with Crippen LogP contribution in [0, 0.1) is 0 Å². The lowest BCUT2D eigenvalue weighted by Gasteiger charge is -2.16. The van der Waals surface area contributed by atoms with Gasteiger partial charge in [-0.15, -0.1) is 0 Å². The number of hydrogen-bond donors (Lipinski definition) is 1. The average molecular weight is 277 g/mol. The predicted octanol–water partition coefficient (Wildman–Crippen LogP) is 1.75. The highest BCUT2D eigenvalue weighted by molar-refractivity contribution is 7.91. The Kier molecular flexibility index (Phi) is 7.86. The van der Waals surface area contributed by atoms with Crippen molar-refractivity contribution in [3.63, 3.8) is 0 Å². The molecule has 0 saturated heterocycles. The van der Waals surface area contributed by atoms with Gasteiger partial charge in [-0.05, 0) is 19.3 Å². The third kappa shape index (κ3) is 7.34. The van der Waals surface area contributed by atoms with Crippen LogP contribution in [0.2, 0.25) is 0 Å². The van der Waals surface area contributed by atoms with Gasteiger partial charge in [0.15, 0.2) is 9.84 Å². The normalized spacial score (nSPS) is 18.7. The molecule has 1 N–H and O–H groups in total. The fourth-order valence-electron chi connectivity index (χ4n) is 2.43. The van der Waals surface area contributed by atoms with Crippen molar-refractivity contribution >= 4 is 9.84 Å². The summed E-state index contributed by atoms with van der Waals surface area (Å²) in [5.41, 5.74) is 0. The SMILES string of the molecule is COCCCS(=O)(=O)CCNC1CCCCCC1. The van der Waals surface area contributed by atoms with Crippen molar-refractivity contribution in [2.45, 2.75) is 51.0 Å². The van der Waals surface area contributed by atoms with Crippen LogP contribution in [0.3, 0.4) is 0 Å². The summed E-state index contributed by atoms with van der Waals surface area (Å²) in [7, 11) is -1.31. The summed E-state index contributed by atoms with van der Waals surface area (Å²) in [5.74, 6) is 0.500. The first-order valence-electron chi connectivity index (χ1n) is 7.07. The lowest BCUT2D eigenvalue weighted by Crippen LogP contribution is -2.33. The third-order valence-corrected chi connectivity index (χ3v) is 5.24. The van der Waals surface area contributed by atoms with Gasteiger partial charge in [0.1, 0.15) is 0 Å². The van der Waals surface area contributed by atoms with Crippen molar-refractivity contribution in [3.05, 3.63) is 0 Å². The van der Waals surface area contributed by atoms with Crippen molar-refractivity contribution in [1.29, 1.82) is 0 Å². The summed E-state index contributed by atoms with van der Waals surface area (Å²) in [6.45, 7) is 1.12. The van der Waals surface area contributed by atoms with Gasteiger partial charge in [-0.1, -0.05) is 25.7 Å². The molecule has 0 aromatic rings. The van der Waals surface area contributed by atoms with E-state index in [1.165, 1.54) is 38.5 Å². The molecular formula is C13H27NO3S. The first kappa shape index (κ1) is 15.9. The monoisotopic (exact) mass is 277 g/mol. The molecule has 0 aromatic heterocycles. The average Bonchev–Trinajstić information content (AvgIpc) is 2.58. The highest BCUT2D eigenvalue weighted by atomic mass is 32.2. The van der Waals surface area contributed by atoms with Gasteiger partial charge in [0.25, 0.3) is 0 Å². The maximum atomic E-state index is 11.7. The minimum absolute atomic E-state index is 0.243. The van der Waals surface area contributed by atoms with Crippen molar-refractivity contribution in [3.8, 4) is 0 Å². The molecule has 0 unspecified atom stereocenters. The van der Waals surface area contributed by atoms with E-state index in [2.05, 4.69) is 5.32 Å². The number of nitrogens with one attached hydrogen (secondary N) is 1. The summed E-state index contributed by atoms with van der Waals surface area (Å²) < 4.78 is 28.3. The second kappa shape index (κ2) is 8.88. The quantitative estimate of drug-likeness (QED) is 0.542. The zero-order valence-corrected chi connectivity index (χ0v) is 12.3. The molecular weight excluding hydrogens is 250 g/mol. The number of hydrogen-bond acceptors (Lipinski definition) is 4. The van der Waals surface area contributed by atoms with Crippen molar-refractivity contribution in [1.82, 2.24) is 5.32 Å². The van der Waals surface area contributed by atoms with Gasteiger partial charge in [0.2, 0.25) is 0 Å². The third-order valence-electron chi connectivity index (χ3n) is 3.51. The van der Waals surface area contributed by atoms with Crippen LogP contribution in [0.15, 0.2) is 0 Å². The molecule has 0 spiro atoms. The maximum Gasteiger partial charge on any atom is 0.151 e. The molecule has 1 aliphatic carbocycles. The molecule has 0 aliphatic heterocycles. The van der Waals surface area contributed by atoms with Crippen LogP contribution in [0.25, 0.3) is 0 Å². The van der Waals surface area contributed by atoms with Crippen LogP contribution in [-0.4, -0.2) is 46.2 Å². The van der Waals surface area contributed by atoms with Crippen LogP contribution in [-0.2, 0) is 14.6 Å². The van der Waals surface area contributed by atoms with Gasteiger partial charge in [0.05, 0.1) is 11.5 Å². The maximum absolute atomic E-state index is 11.7. The Bertz CT molecular complexity index is 295. The van der Waals surface area contributed by atoms with Crippen LogP contribution < -0.4 is 5.32 Å². The molecule has 0 heterocycles. The number of rotatable bonds is 8. The molecule has 1 saturated carbocycles. The summed E-state index contributed by atoms with van der Waals surface area (Å²) in [4.78, 5) is 0. The molecule has 1 fully saturated rings. The second-order valence-electron chi connectivity index (χ2n) is 5.14. The van der Waals surface area contributed by atoms with E-state index in [1.54, 1.807) is 7.11 Å². The van der Waals surface area contributed by atoms with Gasteiger partial charge in [0, 0.05) is 26.3 Å². The van der Waals surface area contributed by atoms with Gasteiger partial charge in [-0.2, -0.15) is 0 Å². The zero-order chi connectivity index (χ0) is 13.3. The number of sulfone groups is 1. The van der Waals surface area contributed by atoms with Gasteiger partial charge in [-0.25, -0.2) is 8.42 Å². The molecule has 108 valence electrons. The largest absolute Gasteiger partial charge is 0.385 e. The number of ether oxygens (including phenoxy) is 1. The Hall–Kier alpha value is -0.130. The van der Waals surface area contributed by atoms with E-state index in [0.717, 1.165) is 0 Å². The van der Waals surface area contributed by atoms with E-state index in [1.807, 2.05) is 0 Å². The molecule has 1 rings (SSSR count). The Morgan fingerprint density at radius 1 is 1.11 bits per heavy atom. The van der Waals surface area contributed by atoms with Gasteiger partial charge >= 0.3 is 0 Å². The molecule has 0 aromatic carbocycles. The van der Waals surface area contributed by atoms with E-state index < -0.39 is 9.84 Å². The van der Waals surface area contributed by atoms with E-state index >= 15 is 0 Å². The van der Waals surface area contributed by atoms with E-state index in [0.29, 0.717) is 25.6 Å². The van der Waals surface area contributed by atoms with Gasteiger partial charge < -0.3 is 10.1 Å². The smallest absolute Gasteiger partial charge is 0.151 e. The van der Waals surface area contributed by atoms with Crippen LogP contribution in [0.4, 0.5) is 0 Å². The Balaban J connectivity index is 2.15. The number of methoxy groups -OCH3 is 1. The highest BCUT2D eigenvalue weighted by Crippen LogP contribution is 2.16. The Morgan fingerprint density at radius 3 is 2.39 bits per heavy atom. The fraction of sp³-hybridized carbons (Fsp3) is 1.00. The van der Waals surface area contributed by atoms with Gasteiger partial charge in [-0.3, -0.25) is 0 Å². The van der Waals surface area contributed by atoms with E-state index in [-0.39, 0.29) is 11.5 Å². The molecule has 4 nitrogen and oxygen atoms in total. The first-order valence-corrected chi connectivity index (χ1v) is 8.89. The summed E-state index contributed by atoms with van der Waals surface area (Å²) >= 11 is 0. The van der Waals surface area contributed by atoms with E-state index in [9.17, 15) is 8.42 Å².